The van der Waals surface area contributed by atoms with Crippen LogP contribution >= 0.6 is 0 Å². The molecule has 20 aromatic carbocycles. The third kappa shape index (κ3) is 12.6. The summed E-state index contributed by atoms with van der Waals surface area (Å²) in [5, 5.41) is 15.0. The molecule has 0 amide bonds. The molecule has 0 atom stereocenters. The lowest BCUT2D eigenvalue weighted by Crippen LogP contribution is -2.55. The molecular formula is C142H114N4O. The van der Waals surface area contributed by atoms with Crippen molar-refractivity contribution in [2.24, 2.45) is 71.0 Å². The van der Waals surface area contributed by atoms with Gasteiger partial charge in [-0.15, -0.1) is 0 Å². The van der Waals surface area contributed by atoms with Gasteiger partial charge in [0, 0.05) is 100 Å². The van der Waals surface area contributed by atoms with Crippen LogP contribution < -0.4 is 14.7 Å². The van der Waals surface area contributed by atoms with Crippen LogP contribution in [0.2, 0.25) is 0 Å². The first-order valence-corrected chi connectivity index (χ1v) is 54.9. The van der Waals surface area contributed by atoms with E-state index in [0.29, 0.717) is 0 Å². The molecule has 12 saturated carbocycles. The van der Waals surface area contributed by atoms with E-state index in [1.165, 1.54) is 262 Å². The third-order valence-electron chi connectivity index (χ3n) is 39.1. The van der Waals surface area contributed by atoms with Crippen molar-refractivity contribution in [1.82, 2.24) is 4.57 Å². The van der Waals surface area contributed by atoms with Gasteiger partial charge in [-0.25, -0.2) is 0 Å². The Bertz CT molecular complexity index is 9080. The largest absolute Gasteiger partial charge is 0.456 e. The summed E-state index contributed by atoms with van der Waals surface area (Å²) in [6.07, 6.45) is 21.1. The Morgan fingerprint density at radius 1 is 0.197 bits per heavy atom. The molecule has 12 bridgehead atoms. The lowest BCUT2D eigenvalue weighted by Gasteiger charge is -2.61. The molecule has 15 aliphatic rings. The molecule has 3 spiro atoms. The molecule has 0 unspecified atom stereocenters. The van der Waals surface area contributed by atoms with Gasteiger partial charge in [0.1, 0.15) is 11.2 Å². The summed E-state index contributed by atoms with van der Waals surface area (Å²) in [7, 11) is 0. The van der Waals surface area contributed by atoms with Crippen molar-refractivity contribution in [2.45, 2.75) is 113 Å². The predicted octanol–water partition coefficient (Wildman–Crippen LogP) is 37.9. The van der Waals surface area contributed by atoms with Crippen LogP contribution in [0.5, 0.6) is 0 Å². The summed E-state index contributed by atoms with van der Waals surface area (Å²) in [5.74, 6) is 10.0. The zero-order valence-electron chi connectivity index (χ0n) is 82.8. The molecule has 22 aromatic rings. The van der Waals surface area contributed by atoms with E-state index in [4.69, 9.17) is 4.42 Å². The number of hydrogen-bond acceptors (Lipinski definition) is 4. The van der Waals surface area contributed by atoms with Gasteiger partial charge in [0.15, 0.2) is 0 Å². The topological polar surface area (TPSA) is 27.8 Å². The second-order valence-corrected chi connectivity index (χ2v) is 46.1. The van der Waals surface area contributed by atoms with Gasteiger partial charge < -0.3 is 23.7 Å². The molecule has 0 N–H and O–H groups in total. The maximum Gasteiger partial charge on any atom is 0.137 e. The van der Waals surface area contributed by atoms with Crippen LogP contribution in [0.4, 0.5) is 51.2 Å². The van der Waals surface area contributed by atoms with Crippen molar-refractivity contribution >= 4 is 138 Å². The van der Waals surface area contributed by atoms with Gasteiger partial charge in [-0.05, 0) is 399 Å². The molecule has 147 heavy (non-hydrogen) atoms. The van der Waals surface area contributed by atoms with Gasteiger partial charge >= 0.3 is 0 Å². The minimum Gasteiger partial charge on any atom is -0.456 e. The van der Waals surface area contributed by atoms with E-state index in [1.807, 2.05) is 0 Å². The smallest absolute Gasteiger partial charge is 0.137 e. The highest BCUT2D eigenvalue weighted by Gasteiger charge is 2.66. The number of hydrogen-bond donors (Lipinski definition) is 0. The molecule has 0 radical (unpaired) electrons. The second kappa shape index (κ2) is 32.7. The lowest BCUT2D eigenvalue weighted by atomic mass is 9.43. The number of fused-ring (bicyclic) bond motifs is 19. The van der Waals surface area contributed by atoms with Gasteiger partial charge in [-0.1, -0.05) is 303 Å². The molecule has 0 aliphatic heterocycles. The minimum absolute atomic E-state index is 0.122. The van der Waals surface area contributed by atoms with E-state index < -0.39 is 0 Å². The maximum absolute atomic E-state index is 6.46. The predicted molar refractivity (Wildman–Crippen MR) is 610 cm³/mol. The summed E-state index contributed by atoms with van der Waals surface area (Å²) in [4.78, 5) is 7.62. The molecule has 2 heterocycles. The van der Waals surface area contributed by atoms with E-state index in [1.54, 1.807) is 33.4 Å². The zero-order chi connectivity index (χ0) is 96.1. The van der Waals surface area contributed by atoms with E-state index in [-0.39, 0.29) is 16.2 Å². The number of nitrogens with zero attached hydrogens (tertiary/aromatic N) is 4. The maximum atomic E-state index is 6.46. The second-order valence-electron chi connectivity index (χ2n) is 46.1. The molecule has 12 fully saturated rings. The number of furan rings is 1. The molecule has 2 aromatic heterocycles. The number of para-hydroxylation sites is 3. The zero-order valence-corrected chi connectivity index (χ0v) is 82.8. The van der Waals surface area contributed by atoms with Crippen LogP contribution in [-0.4, -0.2) is 4.57 Å². The van der Waals surface area contributed by atoms with Crippen molar-refractivity contribution in [3.63, 3.8) is 0 Å². The van der Waals surface area contributed by atoms with Crippen molar-refractivity contribution in [3.8, 4) is 50.2 Å². The normalized spacial score (nSPS) is 24.5. The Labute approximate surface area is 859 Å². The fraction of sp³-hybridized carbons (Fsp3) is 0.211. The van der Waals surface area contributed by atoms with Crippen molar-refractivity contribution in [2.75, 3.05) is 14.7 Å². The lowest BCUT2D eigenvalue weighted by molar-refractivity contribution is -0.0399. The van der Waals surface area contributed by atoms with Crippen LogP contribution in [-0.2, 0) is 16.2 Å². The first kappa shape index (κ1) is 84.8. The number of aromatic nitrogens is 1. The van der Waals surface area contributed by atoms with E-state index in [2.05, 4.69) is 456 Å². The van der Waals surface area contributed by atoms with Crippen molar-refractivity contribution < 1.29 is 4.42 Å². The molecular weight excluding hydrogens is 1780 g/mol. The summed E-state index contributed by atoms with van der Waals surface area (Å²) < 4.78 is 8.88. The van der Waals surface area contributed by atoms with Gasteiger partial charge in [0.05, 0.1) is 28.1 Å². The van der Waals surface area contributed by atoms with Crippen molar-refractivity contribution in [1.29, 1.82) is 0 Å². The molecule has 708 valence electrons. The van der Waals surface area contributed by atoms with Crippen LogP contribution in [0.15, 0.2) is 441 Å². The highest BCUT2D eigenvalue weighted by atomic mass is 16.3. The Morgan fingerprint density at radius 2 is 0.510 bits per heavy atom. The highest BCUT2D eigenvalue weighted by Crippen LogP contribution is 2.75. The van der Waals surface area contributed by atoms with Crippen LogP contribution in [0.25, 0.3) is 137 Å². The van der Waals surface area contributed by atoms with Crippen LogP contribution in [0, 0.1) is 71.0 Å². The number of benzene rings is 20. The van der Waals surface area contributed by atoms with Gasteiger partial charge in [0.2, 0.25) is 0 Å². The molecule has 5 nitrogen and oxygen atoms in total. The van der Waals surface area contributed by atoms with Gasteiger partial charge in [0.25, 0.3) is 0 Å². The highest BCUT2D eigenvalue weighted by molar-refractivity contribution is 6.12. The van der Waals surface area contributed by atoms with E-state index >= 15 is 0 Å². The summed E-state index contributed by atoms with van der Waals surface area (Å²) in [5.41, 5.74) is 37.6. The molecule has 37 rings (SSSR count). The molecule has 5 heteroatoms. The standard InChI is InChI=1S/C50H40N2.C48H39N.C44H35NO/c1-2-13-38(14-3-1)52-46-19-9-7-15-41(46)43-31-40(23-24-47(43)52)51(39-22-21-34-11-4-5-12-35(34)30-39)48-20-10-18-45-49(48)42-16-6-8-17-44(42)50(45)36-26-32-25-33(28-36)29-37(50)27-32;1-3-10-36-29-38(17-16-33(36)8-1)35-18-21-41(22-19-35)49(42-23-20-34-9-2-4-11-37(34)30-42)46-15-7-14-45-47(46)43-12-5-6-13-44(43)48(45)39-25-31-24-32(27-39)28-40(48)26-31;1-2-9-30-25-33(17-16-29(30)8-1)45(34-18-19-36-35-10-4-6-15-41(35)46-42(36)26-34)40-14-7-13-39-43(40)37-11-3-5-12-38(37)44(39)31-21-27-20-28(23-31)24-32(44)22-27/h1-24,30-33,36-37H,25-29H2;1-23,29-32,39-40H,24-28H2;1-19,25-28,31-32H,20-24H2. The quantitative estimate of drug-likeness (QED) is 0.129. The fourth-order valence-corrected chi connectivity index (χ4v) is 34.3. The Hall–Kier alpha value is -15.6. The summed E-state index contributed by atoms with van der Waals surface area (Å²) in [6, 6.07) is 164. The summed E-state index contributed by atoms with van der Waals surface area (Å²) in [6.45, 7) is 0. The van der Waals surface area contributed by atoms with E-state index in [9.17, 15) is 0 Å². The SMILES string of the molecule is c1ccc(-n2c3ccccc3c3cc(N(c4ccc5ccccc5c4)c4cccc5c4-c4ccccc4C54C5CC6CC(C5)CC4C6)ccc32)cc1.c1ccc2c(c1)-c1c(N(c3ccc(-c4ccc5ccccc5c4)cc3)c3ccc4ccccc4c3)cccc1C21C2CC3CC(C2)CC1C3.c1ccc2c(c1)-c1c(N(c3ccc4ccccc4c3)c3ccc4c(c3)oc3ccccc34)cccc1C21C2CC3CC(C2)CC1C3. The number of rotatable bonds is 11. The van der Waals surface area contributed by atoms with Crippen molar-refractivity contribution in [3.05, 3.63) is 470 Å². The van der Waals surface area contributed by atoms with Gasteiger partial charge in [-0.3, -0.25) is 0 Å². The Morgan fingerprint density at radius 3 is 0.959 bits per heavy atom. The Balaban J connectivity index is 0.0000000982. The summed E-state index contributed by atoms with van der Waals surface area (Å²) >= 11 is 0. The molecule has 0 saturated heterocycles. The van der Waals surface area contributed by atoms with E-state index in [0.717, 1.165) is 93.3 Å². The first-order valence-electron chi connectivity index (χ1n) is 54.9. The van der Waals surface area contributed by atoms with Gasteiger partial charge in [-0.2, -0.15) is 0 Å². The number of anilines is 9. The fourth-order valence-electron chi connectivity index (χ4n) is 34.3. The Kier molecular flexibility index (Phi) is 18.9. The third-order valence-corrected chi connectivity index (χ3v) is 39.1. The first-order chi connectivity index (χ1) is 72.7. The van der Waals surface area contributed by atoms with Crippen LogP contribution in [0.3, 0.4) is 0 Å². The monoisotopic (exact) mass is 1890 g/mol. The average Bonchev–Trinajstić information content (AvgIpc) is 1.53. The minimum atomic E-state index is 0.122. The molecule has 15 aliphatic carbocycles. The van der Waals surface area contributed by atoms with Crippen LogP contribution in [0.1, 0.15) is 130 Å². The average molecular weight is 1890 g/mol.